The smallest absolute Gasteiger partial charge is 0.870 e. The summed E-state index contributed by atoms with van der Waals surface area (Å²) in [5.41, 5.74) is 0. The van der Waals surface area contributed by atoms with E-state index in [-0.39, 0.29) is 160 Å². The molecule has 0 fully saturated rings. The van der Waals surface area contributed by atoms with Gasteiger partial charge >= 0.3 is 154 Å². The van der Waals surface area contributed by atoms with Crippen molar-refractivity contribution >= 4 is 20.2 Å². The Morgan fingerprint density at radius 1 is 0.800 bits per heavy atom. The quantitative estimate of drug-likeness (QED) is 0.265. The van der Waals surface area contributed by atoms with E-state index in [4.69, 9.17) is 17.5 Å². The van der Waals surface area contributed by atoms with Crippen LogP contribution in [0.2, 0.25) is 0 Å². The van der Waals surface area contributed by atoms with Gasteiger partial charge in [-0.25, -0.2) is 0 Å². The van der Waals surface area contributed by atoms with Crippen LogP contribution >= 0.6 is 0 Å². The molecule has 2 unspecified atom stereocenters. The maximum absolute atomic E-state index is 9.09. The van der Waals surface area contributed by atoms with Crippen LogP contribution in [0, 0.1) is 0 Å². The normalized spacial score (nSPS) is 11.8. The first-order valence-corrected chi connectivity index (χ1v) is 3.50. The summed E-state index contributed by atoms with van der Waals surface area (Å²) in [5, 5.41) is 0. The average Bonchev–Trinajstić information content (AvgIpc) is 1.36. The topological polar surface area (TPSA) is 110 Å². The van der Waals surface area contributed by atoms with Crippen molar-refractivity contribution in [3.63, 3.8) is 0 Å². The Labute approximate surface area is 191 Å². The van der Waals surface area contributed by atoms with Crippen molar-refractivity contribution in [1.82, 2.24) is 0 Å². The third-order valence-electron chi connectivity index (χ3n) is 0.111. The number of hydrogen-bond acceptors (Lipinski definition) is 5. The molecule has 0 spiro atoms. The summed E-state index contributed by atoms with van der Waals surface area (Å²) in [4.78, 5) is 0. The molecule has 0 amide bonds. The zero-order valence-electron chi connectivity index (χ0n) is 5.90. The molecule has 0 saturated heterocycles. The van der Waals surface area contributed by atoms with Crippen LogP contribution in [0.1, 0.15) is 0 Å². The van der Waals surface area contributed by atoms with Gasteiger partial charge in [-0.3, -0.25) is 8.42 Å². The summed E-state index contributed by atoms with van der Waals surface area (Å²) in [6.07, 6.45) is 0. The first-order valence-electron chi connectivity index (χ1n) is 0.833. The molecule has 0 bridgehead atoms. The van der Waals surface area contributed by atoms with Gasteiger partial charge in [0.25, 0.3) is 0 Å². The summed E-state index contributed by atoms with van der Waals surface area (Å²) < 4.78 is 36.3. The van der Waals surface area contributed by atoms with Gasteiger partial charge < -0.3 is 14.6 Å². The van der Waals surface area contributed by atoms with Crippen LogP contribution in [0.3, 0.4) is 0 Å². The monoisotopic (exact) mass is 262 g/mol. The molecule has 5 nitrogen and oxygen atoms in total. The summed E-state index contributed by atoms with van der Waals surface area (Å²) >= 11 is 0. The summed E-state index contributed by atoms with van der Waals surface area (Å²) in [7, 11) is -5.90. The van der Waals surface area contributed by atoms with Crippen LogP contribution < -0.4 is 154 Å². The maximum Gasteiger partial charge on any atom is 1.00 e. The molecule has 0 saturated carbocycles. The standard InChI is InChI=1S/3K.H2O4S2.H2O/c;;;1-5(2)6(3)4;/h;;;(H,1,2)(H,3,4);1H2/q3*+1;;/p-3. The molecule has 0 aromatic carbocycles. The fourth-order valence-corrected chi connectivity index (χ4v) is 0. The Bertz CT molecular complexity index is 80.9. The Balaban J connectivity index is -0.0000000208. The third-order valence-corrected chi connectivity index (χ3v) is 1.00. The van der Waals surface area contributed by atoms with Crippen molar-refractivity contribution in [2.75, 3.05) is 0 Å². The zero-order valence-corrected chi connectivity index (χ0v) is 16.9. The van der Waals surface area contributed by atoms with Gasteiger partial charge in [0, 0.05) is 20.2 Å². The molecule has 1 N–H and O–H groups in total. The van der Waals surface area contributed by atoms with E-state index < -0.39 is 20.2 Å². The first-order chi connectivity index (χ1) is 2.64. The molecule has 0 heterocycles. The molecular formula is HK3O5S2. The van der Waals surface area contributed by atoms with Crippen LogP contribution in [0.4, 0.5) is 0 Å². The third kappa shape index (κ3) is 23.2. The summed E-state index contributed by atoms with van der Waals surface area (Å²) in [6.45, 7) is 0. The molecule has 10 heteroatoms. The predicted molar refractivity (Wildman–Crippen MR) is 19.8 cm³/mol. The summed E-state index contributed by atoms with van der Waals surface area (Å²) in [5.74, 6) is 0. The summed E-state index contributed by atoms with van der Waals surface area (Å²) in [6, 6.07) is 0. The van der Waals surface area contributed by atoms with E-state index in [0.717, 1.165) is 0 Å². The van der Waals surface area contributed by atoms with Crippen LogP contribution in [0.15, 0.2) is 0 Å². The second kappa shape index (κ2) is 19.6. The van der Waals surface area contributed by atoms with Gasteiger partial charge in [-0.1, -0.05) is 0 Å². The number of hydrogen-bond donors (Lipinski definition) is 0. The van der Waals surface area contributed by atoms with Crippen molar-refractivity contribution < 1.29 is 177 Å². The van der Waals surface area contributed by atoms with E-state index >= 15 is 0 Å². The Morgan fingerprint density at radius 2 is 0.900 bits per heavy atom. The zero-order chi connectivity index (χ0) is 5.15. The largest absolute Gasteiger partial charge is 1.00 e. The van der Waals surface area contributed by atoms with E-state index in [1.807, 2.05) is 0 Å². The van der Waals surface area contributed by atoms with Crippen molar-refractivity contribution in [3.05, 3.63) is 0 Å². The molecule has 0 aromatic rings. The van der Waals surface area contributed by atoms with Gasteiger partial charge in [-0.15, -0.1) is 0 Å². The van der Waals surface area contributed by atoms with Gasteiger partial charge in [0.1, 0.15) is 0 Å². The van der Waals surface area contributed by atoms with E-state index in [2.05, 4.69) is 0 Å². The molecule has 46 valence electrons. The maximum atomic E-state index is 9.09. The van der Waals surface area contributed by atoms with Crippen LogP contribution in [-0.4, -0.2) is 23.0 Å². The molecule has 0 aliphatic carbocycles. The van der Waals surface area contributed by atoms with Gasteiger partial charge in [0.2, 0.25) is 0 Å². The molecule has 2 atom stereocenters. The van der Waals surface area contributed by atoms with Gasteiger partial charge in [0.05, 0.1) is 0 Å². The van der Waals surface area contributed by atoms with E-state index in [0.29, 0.717) is 0 Å². The fourth-order valence-electron chi connectivity index (χ4n) is 0. The van der Waals surface area contributed by atoms with Gasteiger partial charge in [-0.2, -0.15) is 0 Å². The molecule has 0 aliphatic rings. The van der Waals surface area contributed by atoms with Crippen LogP contribution in [0.25, 0.3) is 0 Å². The molecular weight excluding hydrogens is 261 g/mol. The second-order valence-corrected chi connectivity index (χ2v) is 2.86. The first kappa shape index (κ1) is 29.4. The van der Waals surface area contributed by atoms with Crippen molar-refractivity contribution in [3.8, 4) is 0 Å². The van der Waals surface area contributed by atoms with E-state index in [1.54, 1.807) is 0 Å². The molecule has 0 aliphatic heterocycles. The minimum atomic E-state index is -2.95. The Hall–Kier alpha value is 5.09. The van der Waals surface area contributed by atoms with Crippen molar-refractivity contribution in [2.24, 2.45) is 0 Å². The average molecular weight is 262 g/mol. The van der Waals surface area contributed by atoms with Gasteiger partial charge in [-0.05, 0) is 0 Å². The minimum Gasteiger partial charge on any atom is -0.870 e. The minimum absolute atomic E-state index is 0. The molecule has 0 radical (unpaired) electrons. The predicted octanol–water partition coefficient (Wildman–Crippen LogP) is -10.5. The molecule has 0 rings (SSSR count). The van der Waals surface area contributed by atoms with Crippen molar-refractivity contribution in [2.45, 2.75) is 0 Å². The van der Waals surface area contributed by atoms with E-state index in [9.17, 15) is 0 Å². The van der Waals surface area contributed by atoms with E-state index in [1.165, 1.54) is 0 Å². The van der Waals surface area contributed by atoms with Gasteiger partial charge in [0.15, 0.2) is 0 Å². The van der Waals surface area contributed by atoms with Crippen molar-refractivity contribution in [1.29, 1.82) is 0 Å². The Morgan fingerprint density at radius 3 is 0.900 bits per heavy atom. The fraction of sp³-hybridized carbons (Fsp3) is 0. The number of rotatable bonds is 1. The second-order valence-electron chi connectivity index (χ2n) is 0.408. The van der Waals surface area contributed by atoms with Crippen LogP contribution in [0.5, 0.6) is 0 Å². The SMILES string of the molecule is O=S([O-])S(=O)[O-].[K+].[K+].[K+].[OH-]. The molecule has 0 aromatic heterocycles. The van der Waals surface area contributed by atoms with Crippen LogP contribution in [-0.2, 0) is 20.2 Å². The molecule has 10 heavy (non-hydrogen) atoms. The Kier molecular flexibility index (Phi) is 57.8.